The second-order valence-corrected chi connectivity index (χ2v) is 6.05. The van der Waals surface area contributed by atoms with E-state index >= 15 is 0 Å². The molecule has 5 heteroatoms. The molecule has 0 radical (unpaired) electrons. The highest BCUT2D eigenvalue weighted by Crippen LogP contribution is 2.36. The van der Waals surface area contributed by atoms with Gasteiger partial charge in [0.15, 0.2) is 0 Å². The highest BCUT2D eigenvalue weighted by atomic mass is 79.9. The average Bonchev–Trinajstić information content (AvgIpc) is 2.79. The number of hydrogen-bond acceptors (Lipinski definition) is 3. The molecule has 0 spiro atoms. The molecule has 106 valence electrons. The lowest BCUT2D eigenvalue weighted by Crippen LogP contribution is -2.24. The molecule has 0 bridgehead atoms. The molecule has 0 fully saturated rings. The zero-order valence-corrected chi connectivity index (χ0v) is 13.4. The van der Waals surface area contributed by atoms with Gasteiger partial charge in [-0.15, -0.1) is 0 Å². The summed E-state index contributed by atoms with van der Waals surface area (Å²) in [4.78, 5) is 0. The minimum atomic E-state index is 0.255. The van der Waals surface area contributed by atoms with E-state index in [4.69, 9.17) is 10.8 Å². The Morgan fingerprint density at radius 3 is 3.00 bits per heavy atom. The first-order chi connectivity index (χ1) is 9.61. The highest BCUT2D eigenvalue weighted by Gasteiger charge is 2.26. The SMILES string of the molecule is CCc1nn2c(c1Br)NCCC2c1ccc(C)c(N)c1. The topological polar surface area (TPSA) is 55.9 Å². The summed E-state index contributed by atoms with van der Waals surface area (Å²) in [6, 6.07) is 6.58. The van der Waals surface area contributed by atoms with Crippen molar-refractivity contribution in [3.8, 4) is 0 Å². The fourth-order valence-electron chi connectivity index (χ4n) is 2.69. The number of nitrogens with one attached hydrogen (secondary N) is 1. The molecule has 0 aliphatic carbocycles. The zero-order valence-electron chi connectivity index (χ0n) is 11.8. The van der Waals surface area contributed by atoms with Gasteiger partial charge in [-0.05, 0) is 52.9 Å². The normalized spacial score (nSPS) is 17.6. The molecule has 3 rings (SSSR count). The van der Waals surface area contributed by atoms with Gasteiger partial charge in [0.2, 0.25) is 0 Å². The number of nitrogens with two attached hydrogens (primary N) is 1. The van der Waals surface area contributed by atoms with Crippen LogP contribution in [0.2, 0.25) is 0 Å². The number of nitrogens with zero attached hydrogens (tertiary/aromatic N) is 2. The lowest BCUT2D eigenvalue weighted by Gasteiger charge is -2.26. The van der Waals surface area contributed by atoms with Crippen molar-refractivity contribution < 1.29 is 0 Å². The maximum absolute atomic E-state index is 6.05. The van der Waals surface area contributed by atoms with E-state index in [1.807, 2.05) is 6.92 Å². The van der Waals surface area contributed by atoms with Gasteiger partial charge in [0.25, 0.3) is 0 Å². The van der Waals surface area contributed by atoms with E-state index in [1.54, 1.807) is 0 Å². The van der Waals surface area contributed by atoms with Crippen LogP contribution in [0.15, 0.2) is 22.7 Å². The summed E-state index contributed by atoms with van der Waals surface area (Å²) in [5, 5.41) is 8.18. The molecule has 1 aliphatic heterocycles. The monoisotopic (exact) mass is 334 g/mol. The van der Waals surface area contributed by atoms with Crippen molar-refractivity contribution in [2.24, 2.45) is 0 Å². The fraction of sp³-hybridized carbons (Fsp3) is 0.400. The van der Waals surface area contributed by atoms with E-state index in [0.717, 1.165) is 46.6 Å². The predicted octanol–water partition coefficient (Wildman–Crippen LogP) is 3.50. The van der Waals surface area contributed by atoms with E-state index in [0.29, 0.717) is 0 Å². The minimum Gasteiger partial charge on any atom is -0.399 e. The van der Waals surface area contributed by atoms with Gasteiger partial charge in [0.05, 0.1) is 16.2 Å². The molecule has 20 heavy (non-hydrogen) atoms. The molecule has 1 atom stereocenters. The summed E-state index contributed by atoms with van der Waals surface area (Å²) in [6.07, 6.45) is 1.94. The van der Waals surface area contributed by atoms with Gasteiger partial charge >= 0.3 is 0 Å². The molecular weight excluding hydrogens is 316 g/mol. The minimum absolute atomic E-state index is 0.255. The van der Waals surface area contributed by atoms with E-state index < -0.39 is 0 Å². The van der Waals surface area contributed by atoms with Crippen LogP contribution in [0, 0.1) is 6.92 Å². The molecule has 1 aliphatic rings. The second-order valence-electron chi connectivity index (χ2n) is 5.25. The van der Waals surface area contributed by atoms with Gasteiger partial charge in [-0.3, -0.25) is 0 Å². The first-order valence-corrected chi connectivity index (χ1v) is 7.78. The number of nitrogen functional groups attached to an aromatic ring is 1. The van der Waals surface area contributed by atoms with Crippen LogP contribution in [-0.4, -0.2) is 16.3 Å². The summed E-state index contributed by atoms with van der Waals surface area (Å²) < 4.78 is 3.18. The maximum Gasteiger partial charge on any atom is 0.139 e. The zero-order chi connectivity index (χ0) is 14.3. The number of rotatable bonds is 2. The van der Waals surface area contributed by atoms with Gasteiger partial charge < -0.3 is 11.1 Å². The molecule has 0 saturated carbocycles. The molecule has 2 aromatic rings. The van der Waals surface area contributed by atoms with Gasteiger partial charge in [0.1, 0.15) is 5.82 Å². The standard InChI is InChI=1S/C15H19BrN4/c1-3-12-14(16)15-18-7-6-13(20(15)19-12)10-5-4-9(2)11(17)8-10/h4-5,8,13,18H,3,6-7,17H2,1-2H3. The summed E-state index contributed by atoms with van der Waals surface area (Å²) in [5.74, 6) is 1.08. The van der Waals surface area contributed by atoms with Crippen molar-refractivity contribution in [3.05, 3.63) is 39.5 Å². The van der Waals surface area contributed by atoms with E-state index in [1.165, 1.54) is 5.56 Å². The van der Waals surface area contributed by atoms with Gasteiger partial charge in [-0.2, -0.15) is 5.10 Å². The Balaban J connectivity index is 2.07. The molecule has 1 aromatic carbocycles. The van der Waals surface area contributed by atoms with Crippen LogP contribution >= 0.6 is 15.9 Å². The number of fused-ring (bicyclic) bond motifs is 1. The van der Waals surface area contributed by atoms with Crippen molar-refractivity contribution in [1.82, 2.24) is 9.78 Å². The van der Waals surface area contributed by atoms with Crippen LogP contribution in [0.5, 0.6) is 0 Å². The number of hydrogen-bond donors (Lipinski definition) is 2. The van der Waals surface area contributed by atoms with Crippen LogP contribution in [0.4, 0.5) is 11.5 Å². The smallest absolute Gasteiger partial charge is 0.139 e. The quantitative estimate of drug-likeness (QED) is 0.826. The summed E-state index contributed by atoms with van der Waals surface area (Å²) in [6.45, 7) is 5.11. The molecule has 2 heterocycles. The Morgan fingerprint density at radius 2 is 2.30 bits per heavy atom. The Hall–Kier alpha value is -1.49. The number of benzene rings is 1. The fourth-order valence-corrected chi connectivity index (χ4v) is 3.38. The first kappa shape index (κ1) is 13.5. The largest absolute Gasteiger partial charge is 0.399 e. The summed E-state index contributed by atoms with van der Waals surface area (Å²) in [5.41, 5.74) is 10.4. The Kier molecular flexibility index (Phi) is 3.46. The van der Waals surface area contributed by atoms with Crippen LogP contribution in [0.25, 0.3) is 0 Å². The first-order valence-electron chi connectivity index (χ1n) is 6.98. The number of aryl methyl sites for hydroxylation is 2. The third-order valence-electron chi connectivity index (χ3n) is 3.95. The molecule has 0 saturated heterocycles. The lowest BCUT2D eigenvalue weighted by molar-refractivity contribution is 0.478. The van der Waals surface area contributed by atoms with Crippen LogP contribution < -0.4 is 11.1 Å². The molecule has 1 unspecified atom stereocenters. The summed E-state index contributed by atoms with van der Waals surface area (Å²) in [7, 11) is 0. The molecule has 1 aromatic heterocycles. The van der Waals surface area contributed by atoms with Gasteiger partial charge in [-0.25, -0.2) is 4.68 Å². The lowest BCUT2D eigenvalue weighted by atomic mass is 10.00. The third kappa shape index (κ3) is 2.10. The van der Waals surface area contributed by atoms with Crippen molar-refractivity contribution in [2.75, 3.05) is 17.6 Å². The number of halogens is 1. The molecule has 4 nitrogen and oxygen atoms in total. The van der Waals surface area contributed by atoms with E-state index in [2.05, 4.69) is 51.1 Å². The van der Waals surface area contributed by atoms with Crippen molar-refractivity contribution in [1.29, 1.82) is 0 Å². The molecule has 3 N–H and O–H groups in total. The maximum atomic E-state index is 6.05. The Labute approximate surface area is 127 Å². The highest BCUT2D eigenvalue weighted by molar-refractivity contribution is 9.10. The second kappa shape index (κ2) is 5.13. The van der Waals surface area contributed by atoms with Crippen LogP contribution in [0.3, 0.4) is 0 Å². The van der Waals surface area contributed by atoms with E-state index in [-0.39, 0.29) is 6.04 Å². The number of anilines is 2. The Morgan fingerprint density at radius 1 is 1.50 bits per heavy atom. The third-order valence-corrected chi connectivity index (χ3v) is 4.78. The number of aromatic nitrogens is 2. The van der Waals surface area contributed by atoms with Crippen molar-refractivity contribution in [2.45, 2.75) is 32.7 Å². The van der Waals surface area contributed by atoms with Crippen LogP contribution in [-0.2, 0) is 6.42 Å². The predicted molar refractivity (Wildman–Crippen MR) is 86.1 cm³/mol. The summed E-state index contributed by atoms with van der Waals surface area (Å²) >= 11 is 3.65. The molecule has 0 amide bonds. The average molecular weight is 335 g/mol. The van der Waals surface area contributed by atoms with Crippen LogP contribution in [0.1, 0.15) is 36.2 Å². The van der Waals surface area contributed by atoms with Gasteiger partial charge in [-0.1, -0.05) is 19.1 Å². The van der Waals surface area contributed by atoms with E-state index in [9.17, 15) is 0 Å². The van der Waals surface area contributed by atoms with Gasteiger partial charge in [0, 0.05) is 12.2 Å². The van der Waals surface area contributed by atoms with Crippen molar-refractivity contribution in [3.63, 3.8) is 0 Å². The molecular formula is C15H19BrN4. The van der Waals surface area contributed by atoms with Crippen molar-refractivity contribution >= 4 is 27.4 Å². The Bertz CT molecular complexity index is 648.